The fraction of sp³-hybridized carbons (Fsp3) is 0.118. The zero-order chi connectivity index (χ0) is 19.5. The molecule has 28 heavy (non-hydrogen) atoms. The van der Waals surface area contributed by atoms with Crippen molar-refractivity contribution in [1.29, 1.82) is 0 Å². The highest BCUT2D eigenvalue weighted by atomic mass is 79.9. The van der Waals surface area contributed by atoms with E-state index in [9.17, 15) is 9.18 Å². The van der Waals surface area contributed by atoms with E-state index in [0.29, 0.717) is 28.5 Å². The van der Waals surface area contributed by atoms with Crippen LogP contribution in [0.2, 0.25) is 0 Å². The molecule has 3 aromatic rings. The maximum atomic E-state index is 13.0. The summed E-state index contributed by atoms with van der Waals surface area (Å²) in [5.74, 6) is 0.748. The minimum absolute atomic E-state index is 0.171. The average Bonchev–Trinajstić information content (AvgIpc) is 3.31. The highest BCUT2D eigenvalue weighted by molar-refractivity contribution is 9.10. The summed E-state index contributed by atoms with van der Waals surface area (Å²) in [6.45, 7) is -0.00222. The van der Waals surface area contributed by atoms with Gasteiger partial charge in [-0.25, -0.2) is 9.82 Å². The quantitative estimate of drug-likeness (QED) is 0.475. The summed E-state index contributed by atoms with van der Waals surface area (Å²) in [5.41, 5.74) is 3.70. The molecule has 1 N–H and O–H groups in total. The number of benzene rings is 2. The monoisotopic (exact) mass is 446 g/mol. The lowest BCUT2D eigenvalue weighted by molar-refractivity contribution is -0.122. The summed E-state index contributed by atoms with van der Waals surface area (Å²) in [6, 6.07) is 9.17. The van der Waals surface area contributed by atoms with Crippen LogP contribution in [0.1, 0.15) is 5.56 Å². The molecule has 1 aliphatic rings. The van der Waals surface area contributed by atoms with E-state index in [1.54, 1.807) is 12.1 Å². The molecule has 2 heterocycles. The second-order valence-electron chi connectivity index (χ2n) is 5.67. The van der Waals surface area contributed by atoms with Crippen LogP contribution in [-0.2, 0) is 11.3 Å². The molecule has 0 unspecified atom stereocenters. The van der Waals surface area contributed by atoms with Crippen molar-refractivity contribution in [1.82, 2.24) is 25.6 Å². The molecule has 0 aliphatic carbocycles. The van der Waals surface area contributed by atoms with Crippen LogP contribution in [0.15, 0.2) is 46.0 Å². The first-order valence-electron chi connectivity index (χ1n) is 8.03. The van der Waals surface area contributed by atoms with Crippen LogP contribution < -0.4 is 14.9 Å². The van der Waals surface area contributed by atoms with Gasteiger partial charge in [-0.05, 0) is 57.5 Å². The third-order valence-corrected chi connectivity index (χ3v) is 4.41. The molecule has 0 bridgehead atoms. The fourth-order valence-electron chi connectivity index (χ4n) is 2.39. The van der Waals surface area contributed by atoms with Crippen molar-refractivity contribution in [3.63, 3.8) is 0 Å². The van der Waals surface area contributed by atoms with Crippen LogP contribution in [0, 0.1) is 5.82 Å². The van der Waals surface area contributed by atoms with Gasteiger partial charge in [-0.15, -0.1) is 10.2 Å². The lowest BCUT2D eigenvalue weighted by atomic mass is 10.2. The van der Waals surface area contributed by atoms with Crippen LogP contribution in [0.25, 0.3) is 11.4 Å². The van der Waals surface area contributed by atoms with Crippen LogP contribution >= 0.6 is 15.9 Å². The van der Waals surface area contributed by atoms with Crippen LogP contribution in [-0.4, -0.2) is 39.1 Å². The van der Waals surface area contributed by atoms with Gasteiger partial charge in [0.05, 0.1) is 6.21 Å². The Hall–Kier alpha value is -3.34. The minimum atomic E-state index is -0.434. The third-order valence-electron chi connectivity index (χ3n) is 3.73. The van der Waals surface area contributed by atoms with Crippen LogP contribution in [0.4, 0.5) is 4.39 Å². The van der Waals surface area contributed by atoms with E-state index in [2.05, 4.69) is 41.9 Å². The Bertz CT molecular complexity index is 1050. The van der Waals surface area contributed by atoms with Gasteiger partial charge in [0.2, 0.25) is 12.6 Å². The first-order chi connectivity index (χ1) is 13.6. The second-order valence-corrected chi connectivity index (χ2v) is 6.52. The Kier molecular flexibility index (Phi) is 4.98. The maximum Gasteiger partial charge on any atom is 0.263 e. The Balaban J connectivity index is 1.36. The summed E-state index contributed by atoms with van der Waals surface area (Å²) < 4.78 is 24.3. The van der Waals surface area contributed by atoms with E-state index in [1.165, 1.54) is 30.5 Å². The van der Waals surface area contributed by atoms with Gasteiger partial charge in [-0.1, -0.05) is 0 Å². The van der Waals surface area contributed by atoms with Gasteiger partial charge in [0.15, 0.2) is 11.5 Å². The summed E-state index contributed by atoms with van der Waals surface area (Å²) in [6.07, 6.45) is 1.47. The van der Waals surface area contributed by atoms with E-state index >= 15 is 0 Å². The number of halogens is 2. The molecule has 0 saturated heterocycles. The number of amides is 1. The molecule has 9 nitrogen and oxygen atoms in total. The first kappa shape index (κ1) is 18.0. The number of hydrogen-bond acceptors (Lipinski definition) is 7. The molecular formula is C17H12BrFN6O3. The Morgan fingerprint density at radius 1 is 1.29 bits per heavy atom. The number of aromatic nitrogens is 4. The SMILES string of the molecule is O=C(Cn1nnc(-c2ccc(F)cc2)n1)NN=Cc1cc2c(cc1Br)OCO2. The Morgan fingerprint density at radius 2 is 2.04 bits per heavy atom. The number of nitrogens with zero attached hydrogens (tertiary/aromatic N) is 5. The van der Waals surface area contributed by atoms with Crippen LogP contribution in [0.5, 0.6) is 11.5 Å². The highest BCUT2D eigenvalue weighted by Gasteiger charge is 2.15. The number of tetrazole rings is 1. The number of carbonyl (C=O) groups excluding carboxylic acids is 1. The molecular weight excluding hydrogens is 435 g/mol. The number of fused-ring (bicyclic) bond motifs is 1. The summed E-state index contributed by atoms with van der Waals surface area (Å²) in [4.78, 5) is 13.1. The molecule has 0 fully saturated rings. The molecule has 0 radical (unpaired) electrons. The van der Waals surface area contributed by atoms with Crippen molar-refractivity contribution in [3.8, 4) is 22.9 Å². The summed E-state index contributed by atoms with van der Waals surface area (Å²) in [7, 11) is 0. The summed E-state index contributed by atoms with van der Waals surface area (Å²) in [5, 5.41) is 15.7. The molecule has 142 valence electrons. The molecule has 0 spiro atoms. The predicted octanol–water partition coefficient (Wildman–Crippen LogP) is 2.12. The van der Waals surface area contributed by atoms with Gasteiger partial charge < -0.3 is 9.47 Å². The van der Waals surface area contributed by atoms with Gasteiger partial charge in [-0.3, -0.25) is 4.79 Å². The zero-order valence-corrected chi connectivity index (χ0v) is 15.8. The van der Waals surface area contributed by atoms with Crippen molar-refractivity contribution in [2.24, 2.45) is 5.10 Å². The van der Waals surface area contributed by atoms with E-state index < -0.39 is 5.91 Å². The van der Waals surface area contributed by atoms with Crippen LogP contribution in [0.3, 0.4) is 0 Å². The fourth-order valence-corrected chi connectivity index (χ4v) is 2.82. The van der Waals surface area contributed by atoms with Gasteiger partial charge in [-0.2, -0.15) is 9.90 Å². The van der Waals surface area contributed by atoms with Gasteiger partial charge in [0.25, 0.3) is 5.91 Å². The normalized spacial score (nSPS) is 12.5. The van der Waals surface area contributed by atoms with Gasteiger partial charge in [0, 0.05) is 15.6 Å². The number of rotatable bonds is 5. The first-order valence-corrected chi connectivity index (χ1v) is 8.82. The number of ether oxygens (including phenoxy) is 2. The second kappa shape index (κ2) is 7.72. The Morgan fingerprint density at radius 3 is 2.82 bits per heavy atom. The summed E-state index contributed by atoms with van der Waals surface area (Å²) >= 11 is 3.40. The maximum absolute atomic E-state index is 13.0. The van der Waals surface area contributed by atoms with Crippen molar-refractivity contribution in [2.75, 3.05) is 6.79 Å². The van der Waals surface area contributed by atoms with E-state index in [1.807, 2.05) is 0 Å². The van der Waals surface area contributed by atoms with Gasteiger partial charge in [0.1, 0.15) is 12.4 Å². The van der Waals surface area contributed by atoms with Crippen molar-refractivity contribution < 1.29 is 18.7 Å². The molecule has 1 aromatic heterocycles. The topological polar surface area (TPSA) is 104 Å². The largest absolute Gasteiger partial charge is 0.454 e. The highest BCUT2D eigenvalue weighted by Crippen LogP contribution is 2.36. The van der Waals surface area contributed by atoms with E-state index in [-0.39, 0.29) is 19.2 Å². The number of hydrazone groups is 1. The average molecular weight is 447 g/mol. The Labute approximate surface area is 166 Å². The molecule has 1 amide bonds. The third kappa shape index (κ3) is 3.98. The van der Waals surface area contributed by atoms with E-state index in [0.717, 1.165) is 9.27 Å². The number of nitrogens with one attached hydrogen (secondary N) is 1. The lowest BCUT2D eigenvalue weighted by Gasteiger charge is -2.02. The van der Waals surface area contributed by atoms with Crippen molar-refractivity contribution in [3.05, 3.63) is 52.3 Å². The zero-order valence-electron chi connectivity index (χ0n) is 14.2. The molecule has 2 aromatic carbocycles. The van der Waals surface area contributed by atoms with Gasteiger partial charge >= 0.3 is 0 Å². The predicted molar refractivity (Wildman–Crippen MR) is 99.2 cm³/mol. The standard InChI is InChI=1S/C17H12BrFN6O3/c18-13-6-15-14(27-9-28-15)5-11(13)7-20-21-16(26)8-25-23-17(22-24-25)10-1-3-12(19)4-2-10/h1-7H,8-9H2,(H,21,26). The van der Waals surface area contributed by atoms with Crippen molar-refractivity contribution >= 4 is 28.1 Å². The number of hydrogen-bond donors (Lipinski definition) is 1. The molecule has 1 aliphatic heterocycles. The number of carbonyl (C=O) groups is 1. The van der Waals surface area contributed by atoms with E-state index in [4.69, 9.17) is 9.47 Å². The lowest BCUT2D eigenvalue weighted by Crippen LogP contribution is -2.24. The smallest absolute Gasteiger partial charge is 0.263 e. The molecule has 11 heteroatoms. The minimum Gasteiger partial charge on any atom is -0.454 e. The molecule has 4 rings (SSSR count). The molecule has 0 atom stereocenters. The van der Waals surface area contributed by atoms with Crippen molar-refractivity contribution in [2.45, 2.75) is 6.54 Å². The molecule has 0 saturated carbocycles.